The van der Waals surface area contributed by atoms with Crippen molar-refractivity contribution in [3.05, 3.63) is 71.5 Å². The Bertz CT molecular complexity index is 1130. The molecule has 0 radical (unpaired) electrons. The molecule has 0 saturated carbocycles. The maximum absolute atomic E-state index is 12.8. The summed E-state index contributed by atoms with van der Waals surface area (Å²) in [5, 5.41) is 10.6. The first-order valence-electron chi connectivity index (χ1n) is 8.02. The third-order valence-electron chi connectivity index (χ3n) is 4.12. The fourth-order valence-electron chi connectivity index (χ4n) is 2.82. The van der Waals surface area contributed by atoms with Gasteiger partial charge < -0.3 is 9.73 Å². The number of anilines is 1. The minimum Gasteiger partial charge on any atom is -0.408 e. The van der Waals surface area contributed by atoms with Crippen LogP contribution in [0.15, 0.2) is 70.1 Å². The maximum atomic E-state index is 12.8. The molecule has 0 bridgehead atoms. The van der Waals surface area contributed by atoms with Crippen molar-refractivity contribution >= 4 is 22.7 Å². The molecule has 4 aromatic rings. The van der Waals surface area contributed by atoms with Crippen molar-refractivity contribution in [2.45, 2.75) is 13.0 Å². The predicted octanol–water partition coefficient (Wildman–Crippen LogP) is 2.37. The fraction of sp³-hybridized carbons (Fsp3) is 0.111. The number of para-hydroxylation sites is 4. The number of nitrogens with one attached hydrogen (secondary N) is 1. The first-order chi connectivity index (χ1) is 12.6. The van der Waals surface area contributed by atoms with E-state index in [2.05, 4.69) is 15.6 Å². The van der Waals surface area contributed by atoms with Crippen molar-refractivity contribution in [2.75, 3.05) is 5.32 Å². The Labute approximate surface area is 147 Å². The Morgan fingerprint density at radius 3 is 2.73 bits per heavy atom. The molecule has 0 saturated heterocycles. The van der Waals surface area contributed by atoms with Crippen molar-refractivity contribution < 1.29 is 9.21 Å². The molecule has 130 valence electrons. The number of nitrogens with zero attached hydrogens (tertiary/aromatic N) is 4. The molecule has 1 atom stereocenters. The molecule has 2 heterocycles. The second-order valence-corrected chi connectivity index (χ2v) is 5.74. The molecule has 2 aromatic carbocycles. The molecule has 2 aromatic heterocycles. The number of carbonyl (C=O) groups is 1. The summed E-state index contributed by atoms with van der Waals surface area (Å²) in [5.41, 5.74) is 2.26. The lowest BCUT2D eigenvalue weighted by Gasteiger charge is -2.15. The number of rotatable bonds is 4. The van der Waals surface area contributed by atoms with Crippen molar-refractivity contribution in [3.8, 4) is 5.69 Å². The van der Waals surface area contributed by atoms with Gasteiger partial charge >= 0.3 is 5.76 Å². The number of fused-ring (bicyclic) bond motifs is 1. The van der Waals surface area contributed by atoms with Crippen LogP contribution >= 0.6 is 0 Å². The summed E-state index contributed by atoms with van der Waals surface area (Å²) in [6.07, 6.45) is 3.24. The Morgan fingerprint density at radius 2 is 1.92 bits per heavy atom. The van der Waals surface area contributed by atoms with Crippen LogP contribution in [0.3, 0.4) is 0 Å². The Morgan fingerprint density at radius 1 is 1.15 bits per heavy atom. The lowest BCUT2D eigenvalue weighted by Crippen LogP contribution is -2.29. The zero-order chi connectivity index (χ0) is 18.1. The number of hydrogen-bond acceptors (Lipinski definition) is 5. The van der Waals surface area contributed by atoms with Gasteiger partial charge in [-0.1, -0.05) is 29.5 Å². The molecule has 0 fully saturated rings. The van der Waals surface area contributed by atoms with E-state index >= 15 is 0 Å². The van der Waals surface area contributed by atoms with E-state index in [9.17, 15) is 9.59 Å². The summed E-state index contributed by atoms with van der Waals surface area (Å²) in [5.74, 6) is -0.912. The molecule has 0 spiro atoms. The minimum absolute atomic E-state index is 0.341. The summed E-state index contributed by atoms with van der Waals surface area (Å²) < 4.78 is 8.10. The summed E-state index contributed by atoms with van der Waals surface area (Å²) in [6, 6.07) is 13.5. The first-order valence-corrected chi connectivity index (χ1v) is 8.02. The number of hydrogen-bond donors (Lipinski definition) is 1. The minimum atomic E-state index is -0.755. The number of oxazole rings is 1. The van der Waals surface area contributed by atoms with Gasteiger partial charge in [-0.3, -0.25) is 9.36 Å². The Hall–Kier alpha value is -3.68. The van der Waals surface area contributed by atoms with Gasteiger partial charge in [0.1, 0.15) is 6.04 Å². The second-order valence-electron chi connectivity index (χ2n) is 5.74. The summed E-state index contributed by atoms with van der Waals surface area (Å²) in [7, 11) is 0. The van der Waals surface area contributed by atoms with Gasteiger partial charge in [-0.15, -0.1) is 5.10 Å². The van der Waals surface area contributed by atoms with E-state index in [1.165, 1.54) is 4.57 Å². The molecule has 0 aliphatic heterocycles. The maximum Gasteiger partial charge on any atom is 0.420 e. The molecule has 0 aliphatic carbocycles. The van der Waals surface area contributed by atoms with Crippen LogP contribution in [0, 0.1) is 0 Å². The lowest BCUT2D eigenvalue weighted by atomic mass is 10.2. The molecule has 1 amide bonds. The molecule has 0 aliphatic rings. The highest BCUT2D eigenvalue weighted by molar-refractivity contribution is 5.96. The highest BCUT2D eigenvalue weighted by Crippen LogP contribution is 2.22. The summed E-state index contributed by atoms with van der Waals surface area (Å²) >= 11 is 0. The average molecular weight is 349 g/mol. The summed E-state index contributed by atoms with van der Waals surface area (Å²) in [4.78, 5) is 25.0. The van der Waals surface area contributed by atoms with Gasteiger partial charge in [0, 0.05) is 0 Å². The van der Waals surface area contributed by atoms with Crippen LogP contribution in [0.2, 0.25) is 0 Å². The largest absolute Gasteiger partial charge is 0.420 e. The normalized spacial score (nSPS) is 12.2. The highest BCUT2D eigenvalue weighted by Gasteiger charge is 2.22. The first kappa shape index (κ1) is 15.8. The van der Waals surface area contributed by atoms with E-state index < -0.39 is 11.8 Å². The van der Waals surface area contributed by atoms with Gasteiger partial charge in [-0.05, 0) is 31.2 Å². The quantitative estimate of drug-likeness (QED) is 0.610. The molecule has 8 heteroatoms. The highest BCUT2D eigenvalue weighted by atomic mass is 16.4. The third kappa shape index (κ3) is 2.67. The van der Waals surface area contributed by atoms with Crippen LogP contribution in [0.1, 0.15) is 13.0 Å². The van der Waals surface area contributed by atoms with E-state index in [0.717, 1.165) is 0 Å². The molecule has 8 nitrogen and oxygen atoms in total. The van der Waals surface area contributed by atoms with Gasteiger partial charge in [-0.25, -0.2) is 9.48 Å². The Balaban J connectivity index is 1.67. The smallest absolute Gasteiger partial charge is 0.408 e. The molecule has 26 heavy (non-hydrogen) atoms. The van der Waals surface area contributed by atoms with Gasteiger partial charge in [0.15, 0.2) is 5.58 Å². The topological polar surface area (TPSA) is 95.0 Å². The van der Waals surface area contributed by atoms with Crippen LogP contribution in [-0.4, -0.2) is 25.5 Å². The lowest BCUT2D eigenvalue weighted by molar-refractivity contribution is -0.118. The average Bonchev–Trinajstić information content (AvgIpc) is 3.28. The van der Waals surface area contributed by atoms with Gasteiger partial charge in [-0.2, -0.15) is 0 Å². The SMILES string of the molecule is CC(C(=O)Nc1ccccc1-n1ccnn1)n1c(=O)oc2ccccc21. The number of benzene rings is 2. The van der Waals surface area contributed by atoms with Crippen LogP contribution in [0.5, 0.6) is 0 Å². The second kappa shape index (κ2) is 6.32. The van der Waals surface area contributed by atoms with E-state index in [1.807, 2.05) is 12.1 Å². The molecule has 1 N–H and O–H groups in total. The zero-order valence-corrected chi connectivity index (χ0v) is 13.9. The van der Waals surface area contributed by atoms with E-state index in [-0.39, 0.29) is 5.91 Å². The molecule has 4 rings (SSSR count). The van der Waals surface area contributed by atoms with Crippen LogP contribution in [0.4, 0.5) is 5.69 Å². The standard InChI is InChI=1S/C18H15N5O3/c1-12(23-15-8-4-5-9-16(15)26-18(23)25)17(24)20-13-6-2-3-7-14(13)22-11-10-19-21-22/h2-12H,1H3,(H,20,24). The predicted molar refractivity (Wildman–Crippen MR) is 95.2 cm³/mol. The van der Waals surface area contributed by atoms with Crippen molar-refractivity contribution in [3.63, 3.8) is 0 Å². The van der Waals surface area contributed by atoms with Crippen LogP contribution < -0.4 is 11.1 Å². The van der Waals surface area contributed by atoms with E-state index in [1.54, 1.807) is 60.4 Å². The molecule has 1 unspecified atom stereocenters. The van der Waals surface area contributed by atoms with E-state index in [4.69, 9.17) is 4.42 Å². The van der Waals surface area contributed by atoms with Gasteiger partial charge in [0.2, 0.25) is 5.91 Å². The number of aromatic nitrogens is 4. The number of carbonyl (C=O) groups excluding carboxylic acids is 1. The van der Waals surface area contributed by atoms with Crippen molar-refractivity contribution in [1.29, 1.82) is 0 Å². The van der Waals surface area contributed by atoms with Crippen molar-refractivity contribution in [1.82, 2.24) is 19.6 Å². The third-order valence-corrected chi connectivity index (χ3v) is 4.12. The van der Waals surface area contributed by atoms with Crippen LogP contribution in [-0.2, 0) is 4.79 Å². The Kier molecular flexibility index (Phi) is 3.85. The monoisotopic (exact) mass is 349 g/mol. The van der Waals surface area contributed by atoms with Gasteiger partial charge in [0.25, 0.3) is 0 Å². The molecular weight excluding hydrogens is 334 g/mol. The summed E-state index contributed by atoms with van der Waals surface area (Å²) in [6.45, 7) is 1.65. The van der Waals surface area contributed by atoms with Gasteiger partial charge in [0.05, 0.1) is 29.3 Å². The van der Waals surface area contributed by atoms with Crippen molar-refractivity contribution in [2.24, 2.45) is 0 Å². The zero-order valence-electron chi connectivity index (χ0n) is 13.9. The van der Waals surface area contributed by atoms with E-state index in [0.29, 0.717) is 22.5 Å². The van der Waals surface area contributed by atoms with Crippen LogP contribution in [0.25, 0.3) is 16.8 Å². The number of amides is 1. The molecular formula is C18H15N5O3. The fourth-order valence-corrected chi connectivity index (χ4v) is 2.82.